The van der Waals surface area contributed by atoms with E-state index in [1.54, 1.807) is 16.7 Å². The first-order valence-corrected chi connectivity index (χ1v) is 12.7. The number of imidazole rings is 1. The van der Waals surface area contributed by atoms with Crippen LogP contribution in [0.4, 0.5) is 0 Å². The molecule has 34 heavy (non-hydrogen) atoms. The molecule has 1 aromatic heterocycles. The summed E-state index contributed by atoms with van der Waals surface area (Å²) in [6, 6.07) is 23.5. The molecular weight excluding hydrogens is 440 g/mol. The number of likely N-dealkylation sites (N-methyl/N-ethyl adjacent to an activating group) is 1. The quantitative estimate of drug-likeness (QED) is 0.396. The van der Waals surface area contributed by atoms with E-state index in [1.165, 1.54) is 27.8 Å². The van der Waals surface area contributed by atoms with E-state index in [-0.39, 0.29) is 11.9 Å². The molecule has 1 amide bonds. The number of thioether (sulfide) groups is 1. The predicted octanol–water partition coefficient (Wildman–Crippen LogP) is 4.96. The average Bonchev–Trinajstić information content (AvgIpc) is 3.52. The van der Waals surface area contributed by atoms with Crippen molar-refractivity contribution in [2.24, 2.45) is 0 Å². The van der Waals surface area contributed by atoms with Gasteiger partial charge in [0.25, 0.3) is 0 Å². The molecule has 0 unspecified atom stereocenters. The minimum Gasteiger partial charge on any atom is -0.347 e. The molecule has 1 fully saturated rings. The molecule has 0 bridgehead atoms. The summed E-state index contributed by atoms with van der Waals surface area (Å²) in [4.78, 5) is 25.3. The fourth-order valence-corrected chi connectivity index (χ4v) is 6.53. The lowest BCUT2D eigenvalue weighted by Gasteiger charge is -2.26. The maximum atomic E-state index is 13.1. The van der Waals surface area contributed by atoms with Crippen molar-refractivity contribution in [2.75, 3.05) is 20.6 Å². The van der Waals surface area contributed by atoms with Crippen molar-refractivity contribution in [3.8, 4) is 11.1 Å². The van der Waals surface area contributed by atoms with Crippen molar-refractivity contribution in [1.29, 1.82) is 0 Å². The molecule has 0 radical (unpaired) electrons. The number of benzene rings is 3. The predicted molar refractivity (Wildman–Crippen MR) is 138 cm³/mol. The Morgan fingerprint density at radius 2 is 1.85 bits per heavy atom. The number of carbonyl (C=O) groups is 1. The molecule has 3 aromatic carbocycles. The summed E-state index contributed by atoms with van der Waals surface area (Å²) in [6.07, 6.45) is 1.82. The number of nitrogens with zero attached hydrogens (tertiary/aromatic N) is 3. The molecule has 1 N–H and O–H groups in total. The van der Waals surface area contributed by atoms with Crippen molar-refractivity contribution in [1.82, 2.24) is 19.8 Å². The van der Waals surface area contributed by atoms with Crippen LogP contribution >= 0.6 is 11.8 Å². The van der Waals surface area contributed by atoms with Crippen LogP contribution in [-0.4, -0.2) is 57.6 Å². The molecule has 5 nitrogen and oxygen atoms in total. The highest BCUT2D eigenvalue weighted by Gasteiger charge is 2.38. The first kappa shape index (κ1) is 21.4. The fraction of sp³-hybridized carbons (Fsp3) is 0.286. The molecule has 0 saturated carbocycles. The molecule has 0 spiro atoms. The number of hydrogen-bond acceptors (Lipinski definition) is 4. The van der Waals surface area contributed by atoms with Gasteiger partial charge in [-0.25, -0.2) is 4.98 Å². The second-order valence-electron chi connectivity index (χ2n) is 9.54. The lowest BCUT2D eigenvalue weighted by molar-refractivity contribution is -0.133. The monoisotopic (exact) mass is 468 g/mol. The molecule has 2 heterocycles. The molecule has 1 aliphatic heterocycles. The van der Waals surface area contributed by atoms with E-state index >= 15 is 0 Å². The topological polar surface area (TPSA) is 52.2 Å². The highest BCUT2D eigenvalue weighted by molar-refractivity contribution is 7.99. The number of H-pyrrole nitrogens is 1. The van der Waals surface area contributed by atoms with Crippen LogP contribution in [-0.2, 0) is 17.8 Å². The molecular formula is C28H28N4OS. The number of aromatic nitrogens is 2. The van der Waals surface area contributed by atoms with Gasteiger partial charge in [0.2, 0.25) is 5.91 Å². The first-order valence-electron chi connectivity index (χ1n) is 11.8. The number of amides is 1. The number of fused-ring (bicyclic) bond motifs is 4. The Kier molecular flexibility index (Phi) is 5.42. The number of rotatable bonds is 5. The third-order valence-electron chi connectivity index (χ3n) is 6.98. The number of aromatic amines is 1. The number of carbonyl (C=O) groups excluding carboxylic acids is 1. The Labute approximate surface area is 204 Å². The van der Waals surface area contributed by atoms with Gasteiger partial charge in [0.05, 0.1) is 17.1 Å². The third-order valence-corrected chi connectivity index (χ3v) is 8.07. The van der Waals surface area contributed by atoms with Crippen molar-refractivity contribution in [3.63, 3.8) is 0 Å². The number of nitrogens with one attached hydrogen (secondary N) is 1. The van der Waals surface area contributed by atoms with Crippen LogP contribution in [0.25, 0.3) is 22.2 Å². The average molecular weight is 469 g/mol. The van der Waals surface area contributed by atoms with Gasteiger partial charge in [0.15, 0.2) is 5.16 Å². The lowest BCUT2D eigenvalue weighted by atomic mass is 10.0. The summed E-state index contributed by atoms with van der Waals surface area (Å²) >= 11 is 1.76. The molecule has 172 valence electrons. The van der Waals surface area contributed by atoms with Crippen LogP contribution in [0, 0.1) is 0 Å². The summed E-state index contributed by atoms with van der Waals surface area (Å²) in [5.74, 6) is 0.182. The van der Waals surface area contributed by atoms with Gasteiger partial charge in [0, 0.05) is 32.4 Å². The third kappa shape index (κ3) is 3.91. The van der Waals surface area contributed by atoms with Gasteiger partial charge in [0.1, 0.15) is 0 Å². The summed E-state index contributed by atoms with van der Waals surface area (Å²) in [7, 11) is 3.71. The van der Waals surface area contributed by atoms with E-state index in [9.17, 15) is 4.79 Å². The molecule has 2 atom stereocenters. The van der Waals surface area contributed by atoms with E-state index in [0.717, 1.165) is 42.1 Å². The Bertz CT molecular complexity index is 1340. The van der Waals surface area contributed by atoms with Crippen LogP contribution in [0.1, 0.15) is 23.1 Å². The zero-order valence-electron chi connectivity index (χ0n) is 19.5. The van der Waals surface area contributed by atoms with Crippen LogP contribution in [0.3, 0.4) is 0 Å². The Hall–Kier alpha value is -3.09. The van der Waals surface area contributed by atoms with Crippen molar-refractivity contribution < 1.29 is 4.79 Å². The SMILES string of the molecule is CN(C)C(=O)[C@@H]1C[C@H](Sc2nc3ccccc3[nH]2)CN1Cc1ccc2c(c1)Cc1ccccc1-2. The Morgan fingerprint density at radius 1 is 1.06 bits per heavy atom. The lowest BCUT2D eigenvalue weighted by Crippen LogP contribution is -2.42. The smallest absolute Gasteiger partial charge is 0.239 e. The summed E-state index contributed by atoms with van der Waals surface area (Å²) in [5, 5.41) is 1.24. The van der Waals surface area contributed by atoms with Gasteiger partial charge in [-0.1, -0.05) is 66.4 Å². The number of hydrogen-bond donors (Lipinski definition) is 1. The molecule has 6 heteroatoms. The van der Waals surface area contributed by atoms with Gasteiger partial charge in [-0.15, -0.1) is 0 Å². The van der Waals surface area contributed by atoms with Crippen molar-refractivity contribution in [3.05, 3.63) is 83.4 Å². The molecule has 4 aromatic rings. The Balaban J connectivity index is 1.22. The van der Waals surface area contributed by atoms with Crippen molar-refractivity contribution >= 4 is 28.7 Å². The van der Waals surface area contributed by atoms with Gasteiger partial charge in [-0.3, -0.25) is 9.69 Å². The highest BCUT2D eigenvalue weighted by Crippen LogP contribution is 2.38. The zero-order chi connectivity index (χ0) is 23.2. The number of para-hydroxylation sites is 2. The summed E-state index contributed by atoms with van der Waals surface area (Å²) in [5.41, 5.74) is 8.81. The minimum atomic E-state index is -0.109. The molecule has 2 aliphatic rings. The molecule has 1 aliphatic carbocycles. The van der Waals surface area contributed by atoms with E-state index in [0.29, 0.717) is 5.25 Å². The fourth-order valence-electron chi connectivity index (χ4n) is 5.35. The molecule has 6 rings (SSSR count). The minimum absolute atomic E-state index is 0.109. The summed E-state index contributed by atoms with van der Waals surface area (Å²) in [6.45, 7) is 1.65. The van der Waals surface area contributed by atoms with Gasteiger partial charge in [-0.05, 0) is 52.8 Å². The van der Waals surface area contributed by atoms with Crippen LogP contribution in [0.2, 0.25) is 0 Å². The summed E-state index contributed by atoms with van der Waals surface area (Å²) < 4.78 is 0. The second kappa shape index (κ2) is 8.60. The maximum absolute atomic E-state index is 13.1. The first-order chi connectivity index (χ1) is 16.5. The van der Waals surface area contributed by atoms with E-state index in [1.807, 2.05) is 32.3 Å². The largest absolute Gasteiger partial charge is 0.347 e. The maximum Gasteiger partial charge on any atom is 0.239 e. The van der Waals surface area contributed by atoms with Crippen LogP contribution in [0.15, 0.2) is 71.9 Å². The van der Waals surface area contributed by atoms with Crippen molar-refractivity contribution in [2.45, 2.75) is 35.8 Å². The van der Waals surface area contributed by atoms with E-state index in [4.69, 9.17) is 4.98 Å². The van der Waals surface area contributed by atoms with E-state index < -0.39 is 0 Å². The highest BCUT2D eigenvalue weighted by atomic mass is 32.2. The Morgan fingerprint density at radius 3 is 2.71 bits per heavy atom. The number of likely N-dealkylation sites (tertiary alicyclic amines) is 1. The normalized spacial score (nSPS) is 19.4. The molecule has 1 saturated heterocycles. The zero-order valence-corrected chi connectivity index (χ0v) is 20.3. The van der Waals surface area contributed by atoms with Gasteiger partial charge >= 0.3 is 0 Å². The van der Waals surface area contributed by atoms with E-state index in [2.05, 4.69) is 58.4 Å². The van der Waals surface area contributed by atoms with Gasteiger partial charge in [-0.2, -0.15) is 0 Å². The standard InChI is InChI=1S/C28H28N4OS/c1-31(2)27(33)26-15-21(34-28-29-24-9-5-6-10-25(24)30-28)17-32(26)16-18-11-12-23-20(13-18)14-19-7-3-4-8-22(19)23/h3-13,21,26H,14-17H2,1-2H3,(H,29,30)/t21-,26-/m0/s1. The van der Waals surface area contributed by atoms with Crippen LogP contribution < -0.4 is 0 Å². The van der Waals surface area contributed by atoms with Gasteiger partial charge < -0.3 is 9.88 Å². The second-order valence-corrected chi connectivity index (χ2v) is 10.8. The van der Waals surface area contributed by atoms with Crippen LogP contribution in [0.5, 0.6) is 0 Å².